The van der Waals surface area contributed by atoms with E-state index in [0.29, 0.717) is 12.6 Å². The molecule has 1 saturated heterocycles. The van der Waals surface area contributed by atoms with Crippen LogP contribution in [0.2, 0.25) is 0 Å². The van der Waals surface area contributed by atoms with Gasteiger partial charge in [0.2, 0.25) is 0 Å². The Morgan fingerprint density at radius 3 is 2.73 bits per heavy atom. The van der Waals surface area contributed by atoms with Gasteiger partial charge in [0.1, 0.15) is 0 Å². The van der Waals surface area contributed by atoms with Gasteiger partial charge in [0.15, 0.2) is 0 Å². The Labute approximate surface area is 93.5 Å². The van der Waals surface area contributed by atoms with E-state index in [0.717, 1.165) is 18.7 Å². The predicted octanol–water partition coefficient (Wildman–Crippen LogP) is 1.26. The van der Waals surface area contributed by atoms with Crippen molar-refractivity contribution >= 4 is 0 Å². The minimum Gasteiger partial charge on any atom is -0.376 e. The molecule has 0 aromatic carbocycles. The van der Waals surface area contributed by atoms with E-state index in [1.54, 1.807) is 0 Å². The highest BCUT2D eigenvalue weighted by atomic mass is 16.5. The van der Waals surface area contributed by atoms with E-state index < -0.39 is 0 Å². The maximum Gasteiger partial charge on any atom is 0.0672 e. The second-order valence-electron chi connectivity index (χ2n) is 4.54. The summed E-state index contributed by atoms with van der Waals surface area (Å²) in [6.07, 6.45) is 2.52. The molecule has 0 bridgehead atoms. The van der Waals surface area contributed by atoms with Crippen molar-refractivity contribution in [1.82, 2.24) is 10.2 Å². The van der Waals surface area contributed by atoms with Crippen molar-refractivity contribution < 1.29 is 4.74 Å². The van der Waals surface area contributed by atoms with Gasteiger partial charge < -0.3 is 15.0 Å². The topological polar surface area (TPSA) is 24.5 Å². The van der Waals surface area contributed by atoms with Crippen molar-refractivity contribution in [3.63, 3.8) is 0 Å². The van der Waals surface area contributed by atoms with Gasteiger partial charge in [0.25, 0.3) is 0 Å². The summed E-state index contributed by atoms with van der Waals surface area (Å²) in [5.74, 6) is 0. The number of nitrogens with zero attached hydrogens (tertiary/aromatic N) is 1. The third kappa shape index (κ3) is 5.92. The largest absolute Gasteiger partial charge is 0.376 e. The summed E-state index contributed by atoms with van der Waals surface area (Å²) in [7, 11) is 2.19. The number of rotatable bonds is 6. The molecule has 3 nitrogen and oxygen atoms in total. The third-order valence-electron chi connectivity index (χ3n) is 2.75. The molecule has 0 amide bonds. The highest BCUT2D eigenvalue weighted by molar-refractivity contribution is 4.87. The summed E-state index contributed by atoms with van der Waals surface area (Å²) < 4.78 is 5.43. The Kier molecular flexibility index (Phi) is 5.91. The molecule has 88 valence electrons. The summed E-state index contributed by atoms with van der Waals surface area (Å²) in [5.41, 5.74) is 1.09. The van der Waals surface area contributed by atoms with Crippen LogP contribution >= 0.6 is 0 Å². The second-order valence-corrected chi connectivity index (χ2v) is 4.54. The molecule has 1 rings (SSSR count). The zero-order chi connectivity index (χ0) is 11.1. The molecule has 1 aliphatic rings. The number of hydrogen-bond acceptors (Lipinski definition) is 3. The van der Waals surface area contributed by atoms with Gasteiger partial charge >= 0.3 is 0 Å². The average molecular weight is 212 g/mol. The molecule has 0 radical (unpaired) electrons. The lowest BCUT2D eigenvalue weighted by molar-refractivity contribution is 0.149. The first kappa shape index (κ1) is 12.7. The van der Waals surface area contributed by atoms with E-state index in [1.807, 2.05) is 6.92 Å². The monoisotopic (exact) mass is 212 g/mol. The van der Waals surface area contributed by atoms with Crippen molar-refractivity contribution in [3.8, 4) is 0 Å². The minimum atomic E-state index is 0.689. The summed E-state index contributed by atoms with van der Waals surface area (Å²) in [4.78, 5) is 2.38. The summed E-state index contributed by atoms with van der Waals surface area (Å²) in [6, 6.07) is 0.689. The van der Waals surface area contributed by atoms with Crippen molar-refractivity contribution in [2.75, 3.05) is 39.9 Å². The molecule has 0 aromatic heterocycles. The average Bonchev–Trinajstić information content (AvgIpc) is 2.20. The fourth-order valence-corrected chi connectivity index (χ4v) is 1.79. The van der Waals surface area contributed by atoms with Crippen LogP contribution in [0.25, 0.3) is 0 Å². The molecular formula is C12H24N2O. The van der Waals surface area contributed by atoms with Gasteiger partial charge in [-0.3, -0.25) is 0 Å². The molecule has 1 fully saturated rings. The van der Waals surface area contributed by atoms with Crippen molar-refractivity contribution in [2.45, 2.75) is 25.8 Å². The quantitative estimate of drug-likeness (QED) is 0.530. The van der Waals surface area contributed by atoms with Gasteiger partial charge in [-0.05, 0) is 39.9 Å². The summed E-state index contributed by atoms with van der Waals surface area (Å²) >= 11 is 0. The van der Waals surface area contributed by atoms with E-state index >= 15 is 0 Å². The first-order chi connectivity index (χ1) is 7.18. The predicted molar refractivity (Wildman–Crippen MR) is 64.2 cm³/mol. The van der Waals surface area contributed by atoms with Crippen LogP contribution in [0.5, 0.6) is 0 Å². The smallest absolute Gasteiger partial charge is 0.0672 e. The number of hydrogen-bond donors (Lipinski definition) is 1. The van der Waals surface area contributed by atoms with Crippen LogP contribution < -0.4 is 5.32 Å². The molecule has 1 N–H and O–H groups in total. The molecule has 0 saturated carbocycles. The van der Waals surface area contributed by atoms with Gasteiger partial charge in [-0.1, -0.05) is 12.2 Å². The molecule has 0 spiro atoms. The summed E-state index contributed by atoms with van der Waals surface area (Å²) in [5, 5.41) is 3.53. The van der Waals surface area contributed by atoms with E-state index in [4.69, 9.17) is 4.74 Å². The van der Waals surface area contributed by atoms with Crippen molar-refractivity contribution in [1.29, 1.82) is 0 Å². The van der Waals surface area contributed by atoms with Crippen molar-refractivity contribution in [3.05, 3.63) is 12.2 Å². The molecule has 0 atom stereocenters. The fourth-order valence-electron chi connectivity index (χ4n) is 1.79. The molecule has 0 aromatic rings. The van der Waals surface area contributed by atoms with Crippen LogP contribution in [0.3, 0.4) is 0 Å². The molecule has 1 heterocycles. The number of likely N-dealkylation sites (tertiary alicyclic amines) is 1. The summed E-state index contributed by atoms with van der Waals surface area (Å²) in [6.45, 7) is 10.7. The number of nitrogens with one attached hydrogen (secondary N) is 1. The van der Waals surface area contributed by atoms with Crippen LogP contribution in [0.1, 0.15) is 19.8 Å². The number of piperidine rings is 1. The maximum atomic E-state index is 5.43. The maximum absolute atomic E-state index is 5.43. The van der Waals surface area contributed by atoms with Crippen LogP contribution in [-0.2, 0) is 4.74 Å². The van der Waals surface area contributed by atoms with E-state index in [-0.39, 0.29) is 0 Å². The highest BCUT2D eigenvalue weighted by Gasteiger charge is 2.15. The molecule has 15 heavy (non-hydrogen) atoms. The second kappa shape index (κ2) is 6.99. The van der Waals surface area contributed by atoms with Crippen LogP contribution in [0.4, 0.5) is 0 Å². The van der Waals surface area contributed by atoms with Crippen LogP contribution in [-0.4, -0.2) is 50.8 Å². The van der Waals surface area contributed by atoms with Gasteiger partial charge in [0, 0.05) is 12.6 Å². The van der Waals surface area contributed by atoms with E-state index in [9.17, 15) is 0 Å². The number of ether oxygens (including phenoxy) is 1. The van der Waals surface area contributed by atoms with Gasteiger partial charge in [-0.2, -0.15) is 0 Å². The Balaban J connectivity index is 1.94. The van der Waals surface area contributed by atoms with E-state index in [1.165, 1.54) is 25.9 Å². The first-order valence-corrected chi connectivity index (χ1v) is 5.82. The molecular weight excluding hydrogens is 188 g/mol. The third-order valence-corrected chi connectivity index (χ3v) is 2.75. The standard InChI is InChI=1S/C12H24N2O/c1-11(2)10-15-9-6-13-12-4-7-14(3)8-5-12/h12-13H,1,4-10H2,2-3H3. The lowest BCUT2D eigenvalue weighted by atomic mass is 10.1. The Morgan fingerprint density at radius 1 is 1.47 bits per heavy atom. The van der Waals surface area contributed by atoms with Gasteiger partial charge in [-0.25, -0.2) is 0 Å². The molecule has 0 aliphatic carbocycles. The fraction of sp³-hybridized carbons (Fsp3) is 0.833. The zero-order valence-corrected chi connectivity index (χ0v) is 10.1. The Morgan fingerprint density at radius 2 is 2.13 bits per heavy atom. The Hall–Kier alpha value is -0.380. The van der Waals surface area contributed by atoms with Crippen LogP contribution in [0, 0.1) is 0 Å². The van der Waals surface area contributed by atoms with Crippen LogP contribution in [0.15, 0.2) is 12.2 Å². The first-order valence-electron chi connectivity index (χ1n) is 5.82. The zero-order valence-electron chi connectivity index (χ0n) is 10.1. The van der Waals surface area contributed by atoms with Gasteiger partial charge in [0.05, 0.1) is 13.2 Å². The molecule has 1 aliphatic heterocycles. The molecule has 0 unspecified atom stereocenters. The SMILES string of the molecule is C=C(C)COCCNC1CCN(C)CC1. The van der Waals surface area contributed by atoms with Crippen molar-refractivity contribution in [2.24, 2.45) is 0 Å². The highest BCUT2D eigenvalue weighted by Crippen LogP contribution is 2.07. The minimum absolute atomic E-state index is 0.689. The lowest BCUT2D eigenvalue weighted by Crippen LogP contribution is -2.41. The van der Waals surface area contributed by atoms with E-state index in [2.05, 4.69) is 23.8 Å². The lowest BCUT2D eigenvalue weighted by Gasteiger charge is -2.29. The Bertz CT molecular complexity index is 186. The normalized spacial score (nSPS) is 19.3. The molecule has 3 heteroatoms. The van der Waals surface area contributed by atoms with Gasteiger partial charge in [-0.15, -0.1) is 0 Å².